The average Bonchev–Trinajstić information content (AvgIpc) is 2.38. The molecule has 1 unspecified atom stereocenters. The summed E-state index contributed by atoms with van der Waals surface area (Å²) >= 11 is 0. The fourth-order valence-electron chi connectivity index (χ4n) is 2.39. The summed E-state index contributed by atoms with van der Waals surface area (Å²) < 4.78 is 5.22. The number of allylic oxidation sites excluding steroid dienone is 1. The lowest BCUT2D eigenvalue weighted by atomic mass is 9.94. The zero-order valence-corrected chi connectivity index (χ0v) is 11.9. The van der Waals surface area contributed by atoms with Gasteiger partial charge in [-0.25, -0.2) is 9.59 Å². The van der Waals surface area contributed by atoms with E-state index in [2.05, 4.69) is 0 Å². The number of nitrogens with zero attached hydrogens (tertiary/aromatic N) is 1. The van der Waals surface area contributed by atoms with Crippen LogP contribution in [0.1, 0.15) is 52.9 Å². The quantitative estimate of drug-likeness (QED) is 0.483. The molecule has 0 heterocycles. The Balaban J connectivity index is 2.70. The third-order valence-electron chi connectivity index (χ3n) is 3.61. The number of carbonyl (C=O) groups is 2. The van der Waals surface area contributed by atoms with E-state index in [0.717, 1.165) is 32.1 Å². The van der Waals surface area contributed by atoms with Crippen LogP contribution in [0.15, 0.2) is 11.6 Å². The molecule has 1 saturated carbocycles. The first-order valence-electron chi connectivity index (χ1n) is 6.82. The largest absolute Gasteiger partial charge is 0.465 e. The second-order valence-corrected chi connectivity index (χ2v) is 4.96. The summed E-state index contributed by atoms with van der Waals surface area (Å²) in [5, 5.41) is 9.32. The monoisotopic (exact) mass is 269 g/mol. The maximum Gasteiger partial charge on any atom is 0.410 e. The minimum Gasteiger partial charge on any atom is -0.465 e. The van der Waals surface area contributed by atoms with Gasteiger partial charge in [-0.1, -0.05) is 25.3 Å². The lowest BCUT2D eigenvalue weighted by Gasteiger charge is -2.35. The van der Waals surface area contributed by atoms with Crippen LogP contribution in [0.2, 0.25) is 0 Å². The van der Waals surface area contributed by atoms with Crippen molar-refractivity contribution in [2.24, 2.45) is 0 Å². The molecule has 1 amide bonds. The van der Waals surface area contributed by atoms with Crippen molar-refractivity contribution in [3.63, 3.8) is 0 Å². The molecule has 108 valence electrons. The molecule has 0 spiro atoms. The SMILES string of the molecule is C/C=C(/C)C(=O)OC(C)N(C(=O)O)C1CCCCC1. The van der Waals surface area contributed by atoms with E-state index in [0.29, 0.717) is 5.57 Å². The molecule has 0 aromatic heterocycles. The Morgan fingerprint density at radius 3 is 2.37 bits per heavy atom. The molecule has 0 aliphatic heterocycles. The number of esters is 1. The Bertz CT molecular complexity index is 358. The van der Waals surface area contributed by atoms with Crippen LogP contribution in [-0.4, -0.2) is 34.3 Å². The second kappa shape index (κ2) is 7.16. The van der Waals surface area contributed by atoms with Crippen molar-refractivity contribution in [1.29, 1.82) is 0 Å². The van der Waals surface area contributed by atoms with Crippen molar-refractivity contribution >= 4 is 12.1 Å². The highest BCUT2D eigenvalue weighted by atomic mass is 16.6. The number of rotatable bonds is 4. The summed E-state index contributed by atoms with van der Waals surface area (Å²) in [4.78, 5) is 24.3. The van der Waals surface area contributed by atoms with Gasteiger partial charge in [0.25, 0.3) is 0 Å². The molecule has 0 aromatic rings. The summed E-state index contributed by atoms with van der Waals surface area (Å²) in [5.74, 6) is -0.461. The standard InChI is InChI=1S/C14H23NO4/c1-4-10(2)13(16)19-11(3)15(14(17)18)12-8-6-5-7-9-12/h4,11-12H,5-9H2,1-3H3,(H,17,18)/b10-4-. The molecule has 1 fully saturated rings. The smallest absolute Gasteiger partial charge is 0.410 e. The average molecular weight is 269 g/mol. The van der Waals surface area contributed by atoms with Crippen LogP contribution < -0.4 is 0 Å². The summed E-state index contributed by atoms with van der Waals surface area (Å²) in [6, 6.07) is -0.0417. The molecule has 0 aromatic carbocycles. The van der Waals surface area contributed by atoms with Gasteiger partial charge >= 0.3 is 12.1 Å². The van der Waals surface area contributed by atoms with Crippen LogP contribution in [0.25, 0.3) is 0 Å². The van der Waals surface area contributed by atoms with E-state index in [1.807, 2.05) is 0 Å². The molecule has 0 radical (unpaired) electrons. The molecule has 5 heteroatoms. The number of carbonyl (C=O) groups excluding carboxylic acids is 1. The molecule has 1 N–H and O–H groups in total. The molecule has 5 nitrogen and oxygen atoms in total. The zero-order chi connectivity index (χ0) is 14.4. The van der Waals surface area contributed by atoms with Gasteiger partial charge < -0.3 is 9.84 Å². The van der Waals surface area contributed by atoms with Gasteiger partial charge in [0.2, 0.25) is 0 Å². The fourth-order valence-corrected chi connectivity index (χ4v) is 2.39. The number of ether oxygens (including phenoxy) is 1. The van der Waals surface area contributed by atoms with E-state index in [4.69, 9.17) is 4.74 Å². The highest BCUT2D eigenvalue weighted by molar-refractivity contribution is 5.87. The van der Waals surface area contributed by atoms with Gasteiger partial charge in [0.1, 0.15) is 0 Å². The minimum absolute atomic E-state index is 0.0417. The minimum atomic E-state index is -1.02. The zero-order valence-electron chi connectivity index (χ0n) is 11.9. The van der Waals surface area contributed by atoms with E-state index >= 15 is 0 Å². The van der Waals surface area contributed by atoms with Crippen LogP contribution in [0, 0.1) is 0 Å². The predicted molar refractivity (Wildman–Crippen MR) is 71.7 cm³/mol. The lowest BCUT2D eigenvalue weighted by Crippen LogP contribution is -2.48. The normalized spacial score (nSPS) is 18.8. The lowest BCUT2D eigenvalue weighted by molar-refractivity contribution is -0.152. The predicted octanol–water partition coefficient (Wildman–Crippen LogP) is 3.15. The Hall–Kier alpha value is -1.52. The number of amides is 1. The van der Waals surface area contributed by atoms with E-state index < -0.39 is 18.3 Å². The van der Waals surface area contributed by atoms with Crippen molar-refractivity contribution in [3.05, 3.63) is 11.6 Å². The highest BCUT2D eigenvalue weighted by Crippen LogP contribution is 2.24. The van der Waals surface area contributed by atoms with Crippen molar-refractivity contribution < 1.29 is 19.4 Å². The van der Waals surface area contributed by atoms with Gasteiger partial charge in [0, 0.05) is 11.6 Å². The number of hydrogen-bond donors (Lipinski definition) is 1. The molecule has 1 rings (SSSR count). The fraction of sp³-hybridized carbons (Fsp3) is 0.714. The highest BCUT2D eigenvalue weighted by Gasteiger charge is 2.31. The van der Waals surface area contributed by atoms with Crippen LogP contribution >= 0.6 is 0 Å². The van der Waals surface area contributed by atoms with Crippen molar-refractivity contribution in [1.82, 2.24) is 4.90 Å². The van der Waals surface area contributed by atoms with Crippen LogP contribution in [0.5, 0.6) is 0 Å². The van der Waals surface area contributed by atoms with Crippen LogP contribution in [-0.2, 0) is 9.53 Å². The first kappa shape index (κ1) is 15.5. The van der Waals surface area contributed by atoms with Gasteiger partial charge in [-0.2, -0.15) is 0 Å². The second-order valence-electron chi connectivity index (χ2n) is 4.96. The van der Waals surface area contributed by atoms with Crippen LogP contribution in [0.4, 0.5) is 4.79 Å². The summed E-state index contributed by atoms with van der Waals surface area (Å²) in [6.07, 6.45) is 4.78. The van der Waals surface area contributed by atoms with E-state index in [9.17, 15) is 14.7 Å². The van der Waals surface area contributed by atoms with Gasteiger partial charge in [-0.3, -0.25) is 4.90 Å². The van der Waals surface area contributed by atoms with E-state index in [1.165, 1.54) is 4.90 Å². The molecule has 0 saturated heterocycles. The van der Waals surface area contributed by atoms with Crippen LogP contribution in [0.3, 0.4) is 0 Å². The molecular weight excluding hydrogens is 246 g/mol. The Kier molecular flexibility index (Phi) is 5.86. The van der Waals surface area contributed by atoms with Crippen molar-refractivity contribution in [2.45, 2.75) is 65.1 Å². The molecular formula is C14H23NO4. The summed E-state index contributed by atoms with van der Waals surface area (Å²) in [5.41, 5.74) is 0.487. The van der Waals surface area contributed by atoms with E-state index in [1.54, 1.807) is 26.8 Å². The third kappa shape index (κ3) is 4.26. The summed E-state index contributed by atoms with van der Waals surface area (Å²) in [7, 11) is 0. The van der Waals surface area contributed by atoms with E-state index in [-0.39, 0.29) is 6.04 Å². The maximum atomic E-state index is 11.7. The molecule has 1 aliphatic rings. The number of carboxylic acid groups (broad SMARTS) is 1. The number of hydrogen-bond acceptors (Lipinski definition) is 3. The molecule has 19 heavy (non-hydrogen) atoms. The maximum absolute atomic E-state index is 11.7. The molecule has 1 aliphatic carbocycles. The van der Waals surface area contributed by atoms with Crippen molar-refractivity contribution in [2.75, 3.05) is 0 Å². The topological polar surface area (TPSA) is 66.8 Å². The Morgan fingerprint density at radius 2 is 1.89 bits per heavy atom. The van der Waals surface area contributed by atoms with Gasteiger partial charge in [-0.15, -0.1) is 0 Å². The first-order valence-corrected chi connectivity index (χ1v) is 6.82. The summed E-state index contributed by atoms with van der Waals surface area (Å²) in [6.45, 7) is 5.02. The molecule has 0 bridgehead atoms. The van der Waals surface area contributed by atoms with Crippen molar-refractivity contribution in [3.8, 4) is 0 Å². The van der Waals surface area contributed by atoms with Gasteiger partial charge in [0.05, 0.1) is 0 Å². The van der Waals surface area contributed by atoms with Gasteiger partial charge in [-0.05, 0) is 33.6 Å². The Labute approximate surface area is 114 Å². The van der Waals surface area contributed by atoms with Gasteiger partial charge in [0.15, 0.2) is 6.23 Å². The molecule has 1 atom stereocenters. The third-order valence-corrected chi connectivity index (χ3v) is 3.61. The first-order chi connectivity index (χ1) is 8.97. The Morgan fingerprint density at radius 1 is 1.32 bits per heavy atom.